The predicted molar refractivity (Wildman–Crippen MR) is 322 cm³/mol. The molecule has 16 rings (SSSR count). The van der Waals surface area contributed by atoms with E-state index in [1.54, 1.807) is 0 Å². The molecule has 6 heteroatoms. The van der Waals surface area contributed by atoms with Crippen LogP contribution < -0.4 is 0 Å². The van der Waals surface area contributed by atoms with Gasteiger partial charge in [-0.1, -0.05) is 255 Å². The van der Waals surface area contributed by atoms with Crippen LogP contribution in [0.15, 0.2) is 279 Å². The van der Waals surface area contributed by atoms with E-state index in [1.165, 1.54) is 55.6 Å². The van der Waals surface area contributed by atoms with Crippen LogP contribution in [0.3, 0.4) is 0 Å². The van der Waals surface area contributed by atoms with Crippen molar-refractivity contribution in [1.82, 2.24) is 29.9 Å². The van der Waals surface area contributed by atoms with E-state index in [-0.39, 0.29) is 11.8 Å². The summed E-state index contributed by atoms with van der Waals surface area (Å²) in [6.07, 6.45) is 0. The van der Waals surface area contributed by atoms with E-state index in [0.717, 1.165) is 55.6 Å². The number of hydrogen-bond acceptors (Lipinski definition) is 6. The van der Waals surface area contributed by atoms with Crippen molar-refractivity contribution in [3.05, 3.63) is 312 Å². The average molecular weight is 1020 g/mol. The minimum absolute atomic E-state index is 0.0123. The Morgan fingerprint density at radius 1 is 0.163 bits per heavy atom. The highest BCUT2D eigenvalue weighted by Gasteiger charge is 2.41. The lowest BCUT2D eigenvalue weighted by atomic mass is 9.61. The van der Waals surface area contributed by atoms with E-state index in [4.69, 9.17) is 29.9 Å². The molecule has 0 spiro atoms. The summed E-state index contributed by atoms with van der Waals surface area (Å²) in [5.41, 5.74) is 22.4. The zero-order valence-electron chi connectivity index (χ0n) is 43.4. The molecule has 13 aromatic rings. The molecule has 0 amide bonds. The van der Waals surface area contributed by atoms with Crippen LogP contribution in [0.2, 0.25) is 0 Å². The monoisotopic (exact) mass is 1020 g/mol. The van der Waals surface area contributed by atoms with Crippen LogP contribution >= 0.6 is 0 Å². The molecule has 374 valence electrons. The van der Waals surface area contributed by atoms with Gasteiger partial charge in [-0.15, -0.1) is 0 Å². The summed E-state index contributed by atoms with van der Waals surface area (Å²) in [6.45, 7) is 0. The molecule has 2 bridgehead atoms. The van der Waals surface area contributed by atoms with Crippen molar-refractivity contribution < 1.29 is 0 Å². The van der Waals surface area contributed by atoms with Crippen molar-refractivity contribution in [2.45, 2.75) is 11.8 Å². The summed E-state index contributed by atoms with van der Waals surface area (Å²) in [7, 11) is 0. The van der Waals surface area contributed by atoms with Crippen molar-refractivity contribution >= 4 is 0 Å². The number of benzene rings is 11. The van der Waals surface area contributed by atoms with E-state index in [9.17, 15) is 0 Å². The fraction of sp³-hybridized carbons (Fsp3) is 0.0270. The second-order valence-corrected chi connectivity index (χ2v) is 20.5. The van der Waals surface area contributed by atoms with Crippen molar-refractivity contribution in [3.63, 3.8) is 0 Å². The summed E-state index contributed by atoms with van der Waals surface area (Å²) >= 11 is 0. The molecule has 2 heterocycles. The standard InChI is InChI=1S/C74H48N6/c1-5-21-47(22-6-1)57-33-13-15-35-59(57)51-29-19-31-53(43-51)71-75-69(49-25-9-3-10-26-49)77-73(79-71)55-39-41-63-65(45-55)67-61-37-17-18-38-62(61)68(63)66-46-56(40-42-64(66)67)74-78-70(50-27-11-4-12-28-50)76-72(80-74)54-32-20-30-52(44-54)60-36-16-14-34-58(60)48-23-7-2-8-24-48/h1-46,67-68H. The Morgan fingerprint density at radius 2 is 0.412 bits per heavy atom. The van der Waals surface area contributed by atoms with E-state index >= 15 is 0 Å². The van der Waals surface area contributed by atoms with Gasteiger partial charge in [0.15, 0.2) is 34.9 Å². The molecular formula is C74H48N6. The van der Waals surface area contributed by atoms with E-state index < -0.39 is 0 Å². The second-order valence-electron chi connectivity index (χ2n) is 20.5. The summed E-state index contributed by atoms with van der Waals surface area (Å²) in [4.78, 5) is 31.4. The molecule has 2 unspecified atom stereocenters. The third-order valence-electron chi connectivity index (χ3n) is 15.8. The molecule has 0 saturated carbocycles. The molecule has 0 fully saturated rings. The zero-order chi connectivity index (χ0) is 52.9. The third kappa shape index (κ3) is 8.38. The Bertz CT molecular complexity index is 4200. The van der Waals surface area contributed by atoms with Gasteiger partial charge in [0, 0.05) is 45.2 Å². The van der Waals surface area contributed by atoms with Crippen molar-refractivity contribution in [2.24, 2.45) is 0 Å². The Hall–Kier alpha value is -10.6. The molecule has 0 aliphatic heterocycles. The average Bonchev–Trinajstić information content (AvgIpc) is 3.67. The Balaban J connectivity index is 0.824. The Kier molecular flexibility index (Phi) is 11.6. The summed E-state index contributed by atoms with van der Waals surface area (Å²) in [5, 5.41) is 0. The molecule has 0 radical (unpaired) electrons. The molecule has 0 saturated heterocycles. The molecule has 2 atom stereocenters. The van der Waals surface area contributed by atoms with Crippen LogP contribution in [0.1, 0.15) is 45.2 Å². The summed E-state index contributed by atoms with van der Waals surface area (Å²) in [6, 6.07) is 98.4. The van der Waals surface area contributed by atoms with Gasteiger partial charge in [0.05, 0.1) is 0 Å². The highest BCUT2D eigenvalue weighted by Crippen LogP contribution is 2.57. The molecule has 80 heavy (non-hydrogen) atoms. The fourth-order valence-electron chi connectivity index (χ4n) is 12.1. The molecule has 0 N–H and O–H groups in total. The van der Waals surface area contributed by atoms with Gasteiger partial charge in [-0.2, -0.15) is 0 Å². The number of nitrogens with zero attached hydrogens (tertiary/aromatic N) is 6. The van der Waals surface area contributed by atoms with Gasteiger partial charge in [-0.3, -0.25) is 0 Å². The number of aromatic nitrogens is 6. The van der Waals surface area contributed by atoms with Crippen LogP contribution in [0.25, 0.3) is 113 Å². The molecule has 3 aliphatic carbocycles. The van der Waals surface area contributed by atoms with Gasteiger partial charge in [-0.05, 0) is 102 Å². The molecule has 2 aromatic heterocycles. The van der Waals surface area contributed by atoms with E-state index in [1.807, 2.05) is 36.4 Å². The van der Waals surface area contributed by atoms with Crippen molar-refractivity contribution in [1.29, 1.82) is 0 Å². The van der Waals surface area contributed by atoms with Crippen LogP contribution in [-0.4, -0.2) is 29.9 Å². The number of rotatable bonds is 10. The second kappa shape index (κ2) is 19.8. The third-order valence-corrected chi connectivity index (χ3v) is 15.8. The minimum atomic E-state index is -0.0123. The Labute approximate surface area is 464 Å². The first kappa shape index (κ1) is 46.7. The first-order valence-electron chi connectivity index (χ1n) is 27.2. The zero-order valence-corrected chi connectivity index (χ0v) is 43.4. The Morgan fingerprint density at radius 3 is 0.775 bits per heavy atom. The maximum atomic E-state index is 5.31. The molecule has 6 nitrogen and oxygen atoms in total. The maximum absolute atomic E-state index is 5.31. The van der Waals surface area contributed by atoms with Crippen LogP contribution in [0, 0.1) is 0 Å². The summed E-state index contributed by atoms with van der Waals surface area (Å²) in [5.74, 6) is 3.72. The lowest BCUT2D eigenvalue weighted by Crippen LogP contribution is -2.27. The quantitative estimate of drug-likeness (QED) is 0.136. The van der Waals surface area contributed by atoms with E-state index in [2.05, 4.69) is 243 Å². The lowest BCUT2D eigenvalue weighted by Gasteiger charge is -2.42. The first-order valence-corrected chi connectivity index (χ1v) is 27.2. The largest absolute Gasteiger partial charge is 0.208 e. The smallest absolute Gasteiger partial charge is 0.164 e. The van der Waals surface area contributed by atoms with Gasteiger partial charge in [-0.25, -0.2) is 29.9 Å². The van der Waals surface area contributed by atoms with Gasteiger partial charge in [0.25, 0.3) is 0 Å². The first-order chi connectivity index (χ1) is 39.6. The van der Waals surface area contributed by atoms with Gasteiger partial charge in [0.1, 0.15) is 0 Å². The lowest BCUT2D eigenvalue weighted by molar-refractivity contribution is 0.754. The highest BCUT2D eigenvalue weighted by atomic mass is 15.0. The summed E-state index contributed by atoms with van der Waals surface area (Å²) < 4.78 is 0. The fourth-order valence-corrected chi connectivity index (χ4v) is 12.1. The van der Waals surface area contributed by atoms with Crippen LogP contribution in [0.5, 0.6) is 0 Å². The van der Waals surface area contributed by atoms with Crippen molar-refractivity contribution in [2.75, 3.05) is 0 Å². The normalized spacial score (nSPS) is 13.8. The highest BCUT2D eigenvalue weighted by molar-refractivity contribution is 5.87. The topological polar surface area (TPSA) is 77.3 Å². The van der Waals surface area contributed by atoms with Crippen LogP contribution in [-0.2, 0) is 0 Å². The molecular weight excluding hydrogens is 973 g/mol. The van der Waals surface area contributed by atoms with Gasteiger partial charge in [0.2, 0.25) is 0 Å². The van der Waals surface area contributed by atoms with Crippen molar-refractivity contribution in [3.8, 4) is 113 Å². The molecule has 11 aromatic carbocycles. The van der Waals surface area contributed by atoms with Gasteiger partial charge >= 0.3 is 0 Å². The van der Waals surface area contributed by atoms with Gasteiger partial charge < -0.3 is 0 Å². The predicted octanol–water partition coefficient (Wildman–Crippen LogP) is 17.7. The number of hydrogen-bond donors (Lipinski definition) is 0. The van der Waals surface area contributed by atoms with Crippen LogP contribution in [0.4, 0.5) is 0 Å². The SMILES string of the molecule is c1ccc(-c2nc(-c3cccc(-c4ccccc4-c4ccccc4)c3)nc(-c3ccc4c(c3)C3c5ccccc5C4c4cc(-c5nc(-c6ccccc6)nc(-c6cccc(-c7ccccc7-c7ccccc7)c6)n5)ccc43)n2)cc1. The molecule has 3 aliphatic rings. The van der Waals surface area contributed by atoms with E-state index in [0.29, 0.717) is 34.9 Å². The minimum Gasteiger partial charge on any atom is -0.208 e. The maximum Gasteiger partial charge on any atom is 0.164 e.